The molecule has 0 N–H and O–H groups in total. The Hall–Kier alpha value is 0.00961. The van der Waals surface area contributed by atoms with Crippen molar-refractivity contribution in [1.29, 1.82) is 0 Å². The zero-order valence-corrected chi connectivity index (χ0v) is 7.23. The van der Waals surface area contributed by atoms with Crippen molar-refractivity contribution in [3.8, 4) is 0 Å². The average Bonchev–Trinajstić information content (AvgIpc) is 1.77. The Morgan fingerprint density at radius 1 is 1.62 bits per heavy atom. The Morgan fingerprint density at radius 3 is 2.75 bits per heavy atom. The molecule has 8 heavy (non-hydrogen) atoms. The molecule has 0 unspecified atom stereocenters. The van der Waals surface area contributed by atoms with Gasteiger partial charge in [0.2, 0.25) is 0 Å². The molecule has 0 nitrogen and oxygen atoms in total. The first-order valence-corrected chi connectivity index (χ1v) is 3.74. The third-order valence-electron chi connectivity index (χ3n) is 1.03. The molecule has 1 radical (unpaired) electrons. The van der Waals surface area contributed by atoms with Gasteiger partial charge in [0.15, 0.2) is 0 Å². The van der Waals surface area contributed by atoms with E-state index < -0.39 is 0 Å². The van der Waals surface area contributed by atoms with Crippen LogP contribution < -0.4 is 3.61 Å². The summed E-state index contributed by atoms with van der Waals surface area (Å²) in [6.07, 6.45) is 0. The monoisotopic (exact) mass is 221 g/mol. The Bertz CT molecular complexity index is 160. The molecular weight excluding hydrogens is 212 g/mol. The summed E-state index contributed by atoms with van der Waals surface area (Å²) in [5, 5.41) is 0. The Kier molecular flexibility index (Phi) is 1.94. The van der Waals surface area contributed by atoms with Crippen LogP contribution in [0.2, 0.25) is 0 Å². The first-order valence-electron chi connectivity index (χ1n) is 2.47. The van der Waals surface area contributed by atoms with Gasteiger partial charge in [-0.1, -0.05) is 0 Å². The van der Waals surface area contributed by atoms with E-state index in [2.05, 4.69) is 19.1 Å². The molecule has 1 heteroatoms. The predicted molar refractivity (Wildman–Crippen MR) is 36.8 cm³/mol. The first-order chi connectivity index (χ1) is 3.80. The van der Waals surface area contributed by atoms with Gasteiger partial charge in [-0.2, -0.15) is 0 Å². The van der Waals surface area contributed by atoms with Crippen LogP contribution in [-0.4, -0.2) is 22.3 Å². The zero-order valence-electron chi connectivity index (χ0n) is 4.68. The molecule has 0 saturated carbocycles. The summed E-state index contributed by atoms with van der Waals surface area (Å²) in [5.74, 6) is 0. The molecule has 41 valence electrons. The van der Waals surface area contributed by atoms with Crippen LogP contribution in [0.15, 0.2) is 18.2 Å². The molecule has 0 aromatic heterocycles. The second-order valence-electron chi connectivity index (χ2n) is 1.68. The van der Waals surface area contributed by atoms with Crippen LogP contribution in [0.4, 0.5) is 0 Å². The van der Waals surface area contributed by atoms with Crippen LogP contribution in [0.25, 0.3) is 0 Å². The summed E-state index contributed by atoms with van der Waals surface area (Å²) in [5.41, 5.74) is 1.27. The Morgan fingerprint density at radius 2 is 2.38 bits per heavy atom. The fraction of sp³-hybridized carbons (Fsp3) is 0.143. The van der Waals surface area contributed by atoms with Crippen LogP contribution in [0.3, 0.4) is 0 Å². The zero-order chi connectivity index (χ0) is 5.98. The van der Waals surface area contributed by atoms with E-state index in [1.54, 1.807) is 22.3 Å². The van der Waals surface area contributed by atoms with Gasteiger partial charge < -0.3 is 0 Å². The molecule has 1 rings (SSSR count). The molecule has 1 aromatic carbocycles. The molecule has 0 bridgehead atoms. The quantitative estimate of drug-likeness (QED) is 0.551. The summed E-state index contributed by atoms with van der Waals surface area (Å²) in [6.45, 7) is 2.08. The van der Waals surface area contributed by atoms with Crippen LogP contribution >= 0.6 is 0 Å². The Balaban J connectivity index is 3.13. The second-order valence-corrected chi connectivity index (χ2v) is 3.06. The fourth-order valence-corrected chi connectivity index (χ4v) is 0.941. The van der Waals surface area contributed by atoms with E-state index in [-0.39, 0.29) is 0 Å². The van der Waals surface area contributed by atoms with E-state index in [9.17, 15) is 0 Å². The van der Waals surface area contributed by atoms with E-state index in [1.807, 2.05) is 12.1 Å². The third kappa shape index (κ3) is 1.24. The standard InChI is InChI=1S/C7H7Te/c1-6-4-2-3-5-7(6)8/h2-3,5,8H,1H3. The number of aryl methyl sites for hydroxylation is 1. The average molecular weight is 219 g/mol. The minimum atomic E-state index is 1.27. The summed E-state index contributed by atoms with van der Waals surface area (Å²) < 4.78 is 1.36. The van der Waals surface area contributed by atoms with Crippen molar-refractivity contribution in [1.82, 2.24) is 0 Å². The molecule has 0 aliphatic heterocycles. The van der Waals surface area contributed by atoms with Gasteiger partial charge in [-0.15, -0.1) is 0 Å². The van der Waals surface area contributed by atoms with Gasteiger partial charge in [-0.05, 0) is 0 Å². The van der Waals surface area contributed by atoms with Crippen molar-refractivity contribution >= 4 is 25.9 Å². The number of benzene rings is 1. The molecule has 1 aromatic rings. The molecule has 0 aliphatic rings. The summed E-state index contributed by atoms with van der Waals surface area (Å²) in [6, 6.07) is 9.18. The van der Waals surface area contributed by atoms with Crippen LogP contribution in [0, 0.1) is 13.0 Å². The molecule has 0 amide bonds. The Labute approximate surface area is 62.8 Å². The van der Waals surface area contributed by atoms with Crippen LogP contribution in [0.1, 0.15) is 5.56 Å². The molecule has 0 heterocycles. The normalized spacial score (nSPS) is 9.25. The van der Waals surface area contributed by atoms with Gasteiger partial charge in [-0.3, -0.25) is 0 Å². The van der Waals surface area contributed by atoms with Gasteiger partial charge in [0.25, 0.3) is 0 Å². The molecular formula is C7H7Te. The van der Waals surface area contributed by atoms with Crippen molar-refractivity contribution in [2.45, 2.75) is 6.92 Å². The third-order valence-corrected chi connectivity index (χ3v) is 2.42. The van der Waals surface area contributed by atoms with Crippen LogP contribution in [-0.2, 0) is 0 Å². The van der Waals surface area contributed by atoms with E-state index in [4.69, 9.17) is 0 Å². The predicted octanol–water partition coefficient (Wildman–Crippen LogP) is 0.321. The van der Waals surface area contributed by atoms with E-state index >= 15 is 0 Å². The molecule has 0 fully saturated rings. The molecule has 0 aliphatic carbocycles. The van der Waals surface area contributed by atoms with Crippen molar-refractivity contribution < 1.29 is 0 Å². The van der Waals surface area contributed by atoms with E-state index in [1.165, 1.54) is 9.17 Å². The van der Waals surface area contributed by atoms with Crippen molar-refractivity contribution in [3.63, 3.8) is 0 Å². The first kappa shape index (κ1) is 6.13. The fourth-order valence-electron chi connectivity index (χ4n) is 0.511. The molecule has 0 saturated heterocycles. The second kappa shape index (κ2) is 2.53. The molecule has 0 atom stereocenters. The minimum absolute atomic E-state index is 1.27. The van der Waals surface area contributed by atoms with Gasteiger partial charge >= 0.3 is 62.7 Å². The maximum absolute atomic E-state index is 3.11. The van der Waals surface area contributed by atoms with Crippen molar-refractivity contribution in [2.75, 3.05) is 0 Å². The molecule has 0 spiro atoms. The van der Waals surface area contributed by atoms with Crippen molar-refractivity contribution in [2.24, 2.45) is 0 Å². The number of hydrogen-bond acceptors (Lipinski definition) is 0. The number of hydrogen-bond donors (Lipinski definition) is 0. The van der Waals surface area contributed by atoms with E-state index in [0.717, 1.165) is 0 Å². The summed E-state index contributed by atoms with van der Waals surface area (Å²) in [7, 11) is 0. The van der Waals surface area contributed by atoms with Gasteiger partial charge in [0.05, 0.1) is 0 Å². The van der Waals surface area contributed by atoms with Gasteiger partial charge in [0, 0.05) is 0 Å². The SMILES string of the molecule is Cc1[c]cccc1[TeH]. The summed E-state index contributed by atoms with van der Waals surface area (Å²) >= 11 is 1.75. The van der Waals surface area contributed by atoms with E-state index in [0.29, 0.717) is 0 Å². The van der Waals surface area contributed by atoms with Gasteiger partial charge in [-0.25, -0.2) is 0 Å². The summed E-state index contributed by atoms with van der Waals surface area (Å²) in [4.78, 5) is 0. The van der Waals surface area contributed by atoms with Gasteiger partial charge in [0.1, 0.15) is 0 Å². The van der Waals surface area contributed by atoms with Crippen molar-refractivity contribution in [3.05, 3.63) is 29.8 Å². The number of rotatable bonds is 0. The maximum atomic E-state index is 3.11. The van der Waals surface area contributed by atoms with Crippen LogP contribution in [0.5, 0.6) is 0 Å². The topological polar surface area (TPSA) is 0 Å².